The summed E-state index contributed by atoms with van der Waals surface area (Å²) in [6.45, 7) is 0. The Kier molecular flexibility index (Phi) is 5.70. The Hall–Kier alpha value is -2.86. The van der Waals surface area contributed by atoms with Gasteiger partial charge in [0.25, 0.3) is 21.5 Å². The summed E-state index contributed by atoms with van der Waals surface area (Å²) in [5.74, 6) is -0.778. The largest absolute Gasteiger partial charge is 0.291 e. The number of aromatic nitrogens is 4. The van der Waals surface area contributed by atoms with E-state index in [4.69, 9.17) is 23.2 Å². The molecule has 0 unspecified atom stereocenters. The van der Waals surface area contributed by atoms with Crippen LogP contribution in [-0.4, -0.2) is 34.1 Å². The summed E-state index contributed by atoms with van der Waals surface area (Å²) < 4.78 is 25.6. The van der Waals surface area contributed by atoms with E-state index in [0.717, 1.165) is 4.68 Å². The molecule has 0 bridgehead atoms. The van der Waals surface area contributed by atoms with Crippen LogP contribution in [0.3, 0.4) is 0 Å². The molecule has 1 amide bonds. The second-order valence-electron chi connectivity index (χ2n) is 5.17. The Morgan fingerprint density at radius 1 is 1.07 bits per heavy atom. The molecular formula is C15H10Cl2N6O4S. The highest BCUT2D eigenvalue weighted by molar-refractivity contribution is 7.89. The first kappa shape index (κ1) is 19.9. The average molecular weight is 441 g/mol. The monoisotopic (exact) mass is 440 g/mol. The van der Waals surface area contributed by atoms with Crippen molar-refractivity contribution in [3.63, 3.8) is 0 Å². The van der Waals surface area contributed by atoms with Gasteiger partial charge in [0, 0.05) is 12.4 Å². The van der Waals surface area contributed by atoms with Crippen molar-refractivity contribution in [3.8, 4) is 5.69 Å². The van der Waals surface area contributed by atoms with E-state index in [1.165, 1.54) is 49.1 Å². The number of nitrogens with zero attached hydrogens (tertiary/aromatic N) is 4. The fourth-order valence-electron chi connectivity index (χ4n) is 2.02. The van der Waals surface area contributed by atoms with Gasteiger partial charge in [-0.2, -0.15) is 9.78 Å². The topological polar surface area (TPSA) is 136 Å². The third kappa shape index (κ3) is 4.17. The second-order valence-corrected chi connectivity index (χ2v) is 7.64. The van der Waals surface area contributed by atoms with E-state index >= 15 is 0 Å². The standard InChI is InChI=1S/C15H10Cl2N6O4S/c16-11-7-20-23(15(25)13(11)17)9-1-3-10(4-2-9)28(26,27)22-21-14(24)12-8-18-5-6-19-12/h1-8,22H,(H,21,24). The van der Waals surface area contributed by atoms with Crippen LogP contribution < -0.4 is 15.8 Å². The van der Waals surface area contributed by atoms with E-state index in [-0.39, 0.29) is 26.3 Å². The first-order valence-corrected chi connectivity index (χ1v) is 9.65. The van der Waals surface area contributed by atoms with E-state index in [1.807, 2.05) is 10.3 Å². The smallest absolute Gasteiger partial charge is 0.272 e. The molecule has 3 aromatic rings. The molecule has 0 fully saturated rings. The highest BCUT2D eigenvalue weighted by Gasteiger charge is 2.17. The summed E-state index contributed by atoms with van der Waals surface area (Å²) in [5.41, 5.74) is 1.58. The van der Waals surface area contributed by atoms with Crippen molar-refractivity contribution in [2.45, 2.75) is 4.90 Å². The van der Waals surface area contributed by atoms with Crippen molar-refractivity contribution >= 4 is 39.1 Å². The quantitative estimate of drug-likeness (QED) is 0.563. The van der Waals surface area contributed by atoms with Gasteiger partial charge in [-0.3, -0.25) is 20.0 Å². The summed E-state index contributed by atoms with van der Waals surface area (Å²) >= 11 is 11.5. The van der Waals surface area contributed by atoms with Crippen LogP contribution in [0.1, 0.15) is 10.5 Å². The Balaban J connectivity index is 1.78. The molecule has 0 aliphatic heterocycles. The molecule has 0 radical (unpaired) electrons. The molecule has 0 saturated heterocycles. The van der Waals surface area contributed by atoms with Crippen LogP contribution in [0.25, 0.3) is 5.69 Å². The normalized spacial score (nSPS) is 11.2. The van der Waals surface area contributed by atoms with Gasteiger partial charge in [-0.1, -0.05) is 23.2 Å². The van der Waals surface area contributed by atoms with Crippen LogP contribution >= 0.6 is 23.2 Å². The Bertz CT molecular complexity index is 1180. The minimum absolute atomic E-state index is 0.00478. The number of nitrogens with one attached hydrogen (secondary N) is 2. The van der Waals surface area contributed by atoms with Crippen molar-refractivity contribution < 1.29 is 13.2 Å². The summed E-state index contributed by atoms with van der Waals surface area (Å²) in [4.78, 5) is 33.2. The van der Waals surface area contributed by atoms with Crippen LogP contribution in [0.5, 0.6) is 0 Å². The van der Waals surface area contributed by atoms with Gasteiger partial charge in [0.15, 0.2) is 0 Å². The average Bonchev–Trinajstić information content (AvgIpc) is 2.71. The molecule has 10 nitrogen and oxygen atoms in total. The zero-order valence-electron chi connectivity index (χ0n) is 13.7. The molecule has 0 aliphatic carbocycles. The van der Waals surface area contributed by atoms with Gasteiger partial charge in [0.05, 0.1) is 28.0 Å². The van der Waals surface area contributed by atoms with Crippen LogP contribution in [0, 0.1) is 0 Å². The number of hydrogen-bond acceptors (Lipinski definition) is 7. The van der Waals surface area contributed by atoms with Crippen molar-refractivity contribution in [2.24, 2.45) is 0 Å². The molecular weight excluding hydrogens is 431 g/mol. The first-order chi connectivity index (χ1) is 13.3. The van der Waals surface area contributed by atoms with Crippen molar-refractivity contribution in [3.05, 3.63) is 75.1 Å². The third-order valence-electron chi connectivity index (χ3n) is 3.36. The summed E-state index contributed by atoms with van der Waals surface area (Å²) in [6.07, 6.45) is 5.04. The summed E-state index contributed by atoms with van der Waals surface area (Å²) in [6, 6.07) is 5.14. The molecule has 1 aromatic carbocycles. The zero-order chi connectivity index (χ0) is 20.3. The second kappa shape index (κ2) is 8.02. The lowest BCUT2D eigenvalue weighted by atomic mass is 10.3. The Morgan fingerprint density at radius 2 is 1.79 bits per heavy atom. The summed E-state index contributed by atoms with van der Waals surface area (Å²) in [5, 5.41) is 3.64. The van der Waals surface area contributed by atoms with Crippen LogP contribution in [0.2, 0.25) is 10.0 Å². The van der Waals surface area contributed by atoms with Gasteiger partial charge in [0.2, 0.25) is 0 Å². The van der Waals surface area contributed by atoms with Crippen LogP contribution in [0.4, 0.5) is 0 Å². The molecule has 144 valence electrons. The fraction of sp³-hybridized carbons (Fsp3) is 0. The maximum atomic E-state index is 12.3. The van der Waals surface area contributed by atoms with E-state index in [1.54, 1.807) is 0 Å². The molecule has 0 aliphatic rings. The lowest BCUT2D eigenvalue weighted by molar-refractivity contribution is 0.0939. The number of sulfonamides is 1. The third-order valence-corrected chi connectivity index (χ3v) is 5.37. The molecule has 2 heterocycles. The number of benzene rings is 1. The van der Waals surface area contributed by atoms with Gasteiger partial charge in [-0.05, 0) is 24.3 Å². The fourth-order valence-corrected chi connectivity index (χ4v) is 3.11. The van der Waals surface area contributed by atoms with Crippen LogP contribution in [-0.2, 0) is 10.0 Å². The number of carbonyl (C=O) groups is 1. The maximum Gasteiger partial charge on any atom is 0.291 e. The number of carbonyl (C=O) groups excluding carboxylic acids is 1. The lowest BCUT2D eigenvalue weighted by Crippen LogP contribution is -2.41. The van der Waals surface area contributed by atoms with Gasteiger partial charge in [-0.25, -0.2) is 13.4 Å². The molecule has 0 spiro atoms. The maximum absolute atomic E-state index is 12.3. The minimum Gasteiger partial charge on any atom is -0.272 e. The minimum atomic E-state index is -4.07. The number of hydrazine groups is 1. The SMILES string of the molecule is O=C(NNS(=O)(=O)c1ccc(-n2ncc(Cl)c(Cl)c2=O)cc1)c1cnccn1. The van der Waals surface area contributed by atoms with Gasteiger partial charge >= 0.3 is 0 Å². The molecule has 2 aromatic heterocycles. The Morgan fingerprint density at radius 3 is 2.43 bits per heavy atom. The van der Waals surface area contributed by atoms with E-state index in [2.05, 4.69) is 15.1 Å². The van der Waals surface area contributed by atoms with E-state index < -0.39 is 21.5 Å². The van der Waals surface area contributed by atoms with Gasteiger partial charge in [-0.15, -0.1) is 4.83 Å². The van der Waals surface area contributed by atoms with Gasteiger partial charge < -0.3 is 0 Å². The lowest BCUT2D eigenvalue weighted by Gasteiger charge is -2.09. The van der Waals surface area contributed by atoms with Crippen molar-refractivity contribution in [1.82, 2.24) is 30.0 Å². The molecule has 0 atom stereocenters. The number of amides is 1. The molecule has 0 saturated carbocycles. The molecule has 2 N–H and O–H groups in total. The summed E-state index contributed by atoms with van der Waals surface area (Å²) in [7, 11) is -4.07. The van der Waals surface area contributed by atoms with E-state index in [9.17, 15) is 18.0 Å². The number of hydrogen-bond donors (Lipinski definition) is 2. The van der Waals surface area contributed by atoms with Crippen molar-refractivity contribution in [2.75, 3.05) is 0 Å². The highest BCUT2D eigenvalue weighted by Crippen LogP contribution is 2.17. The number of halogens is 2. The first-order valence-electron chi connectivity index (χ1n) is 7.41. The zero-order valence-corrected chi connectivity index (χ0v) is 16.0. The van der Waals surface area contributed by atoms with Crippen LogP contribution in [0.15, 0.2) is 58.7 Å². The van der Waals surface area contributed by atoms with Crippen molar-refractivity contribution in [1.29, 1.82) is 0 Å². The highest BCUT2D eigenvalue weighted by atomic mass is 35.5. The van der Waals surface area contributed by atoms with Gasteiger partial charge in [0.1, 0.15) is 10.7 Å². The predicted molar refractivity (Wildman–Crippen MR) is 99.7 cm³/mol. The van der Waals surface area contributed by atoms with E-state index in [0.29, 0.717) is 0 Å². The predicted octanol–water partition coefficient (Wildman–Crippen LogP) is 0.953. The molecule has 13 heteroatoms. The number of rotatable bonds is 5. The molecule has 28 heavy (non-hydrogen) atoms. The molecule has 3 rings (SSSR count). The Labute approximate surface area is 168 Å².